The summed E-state index contributed by atoms with van der Waals surface area (Å²) in [5.41, 5.74) is 4.26. The normalized spacial score (nSPS) is 16.2. The van der Waals surface area contributed by atoms with Crippen molar-refractivity contribution in [2.24, 2.45) is 0 Å². The highest BCUT2D eigenvalue weighted by Gasteiger charge is 2.36. The van der Waals surface area contributed by atoms with E-state index in [1.165, 1.54) is 21.6 Å². The summed E-state index contributed by atoms with van der Waals surface area (Å²) < 4.78 is 0. The van der Waals surface area contributed by atoms with Crippen LogP contribution in [0, 0.1) is 0 Å². The molecule has 3 rings (SSSR count). The van der Waals surface area contributed by atoms with E-state index in [1.54, 1.807) is 0 Å². The van der Waals surface area contributed by atoms with Gasteiger partial charge in [-0.2, -0.15) is 0 Å². The van der Waals surface area contributed by atoms with E-state index in [1.807, 2.05) is 17.4 Å². The lowest BCUT2D eigenvalue weighted by Gasteiger charge is -2.20. The molecule has 76 valence electrons. The lowest BCUT2D eigenvalue weighted by atomic mass is 9.83. The maximum absolute atomic E-state index is 6.06. The quantitative estimate of drug-likeness (QED) is 0.620. The summed E-state index contributed by atoms with van der Waals surface area (Å²) in [6.07, 6.45) is 0. The molecule has 2 heteroatoms. The van der Waals surface area contributed by atoms with Gasteiger partial charge < -0.3 is 0 Å². The number of benzene rings is 1. The SMILES string of the molecule is CC1(C)c2cc(Cl)ccc2-c2sccc21. The minimum atomic E-state index is 0.107. The van der Waals surface area contributed by atoms with E-state index in [-0.39, 0.29) is 5.41 Å². The highest BCUT2D eigenvalue weighted by atomic mass is 35.5. The van der Waals surface area contributed by atoms with Crippen LogP contribution in [0.25, 0.3) is 10.4 Å². The molecule has 0 spiro atoms. The average Bonchev–Trinajstić information content (AvgIpc) is 2.72. The van der Waals surface area contributed by atoms with Gasteiger partial charge in [-0.05, 0) is 40.3 Å². The van der Waals surface area contributed by atoms with Gasteiger partial charge in [-0.1, -0.05) is 31.5 Å². The van der Waals surface area contributed by atoms with Crippen molar-refractivity contribution >= 4 is 22.9 Å². The molecule has 1 heterocycles. The van der Waals surface area contributed by atoms with Gasteiger partial charge in [0.2, 0.25) is 0 Å². The third-order valence-electron chi connectivity index (χ3n) is 3.24. The molecular formula is C13H11ClS. The Morgan fingerprint density at radius 1 is 1.13 bits per heavy atom. The van der Waals surface area contributed by atoms with Gasteiger partial charge >= 0.3 is 0 Å². The minimum Gasteiger partial charge on any atom is -0.143 e. The van der Waals surface area contributed by atoms with Crippen LogP contribution in [-0.2, 0) is 5.41 Å². The molecule has 0 nitrogen and oxygen atoms in total. The van der Waals surface area contributed by atoms with E-state index in [9.17, 15) is 0 Å². The molecule has 1 aliphatic rings. The average molecular weight is 235 g/mol. The van der Waals surface area contributed by atoms with Crippen LogP contribution in [0.15, 0.2) is 29.6 Å². The Labute approximate surface area is 98.5 Å². The molecule has 0 amide bonds. The zero-order valence-electron chi connectivity index (χ0n) is 8.67. The zero-order chi connectivity index (χ0) is 10.6. The summed E-state index contributed by atoms with van der Waals surface area (Å²) in [7, 11) is 0. The molecule has 15 heavy (non-hydrogen) atoms. The number of halogens is 1. The summed E-state index contributed by atoms with van der Waals surface area (Å²) in [6, 6.07) is 8.45. The van der Waals surface area contributed by atoms with E-state index < -0.39 is 0 Å². The van der Waals surface area contributed by atoms with Crippen molar-refractivity contribution in [1.29, 1.82) is 0 Å². The number of fused-ring (bicyclic) bond motifs is 3. The minimum absolute atomic E-state index is 0.107. The van der Waals surface area contributed by atoms with Crippen LogP contribution in [0.2, 0.25) is 5.02 Å². The van der Waals surface area contributed by atoms with E-state index in [0.717, 1.165) is 5.02 Å². The van der Waals surface area contributed by atoms with Gasteiger partial charge in [-0.3, -0.25) is 0 Å². The molecule has 1 aromatic heterocycles. The maximum Gasteiger partial charge on any atom is 0.0409 e. The van der Waals surface area contributed by atoms with Gasteiger partial charge in [-0.25, -0.2) is 0 Å². The Morgan fingerprint density at radius 2 is 1.93 bits per heavy atom. The van der Waals surface area contributed by atoms with Crippen molar-refractivity contribution in [3.8, 4) is 10.4 Å². The van der Waals surface area contributed by atoms with Gasteiger partial charge in [0.15, 0.2) is 0 Å². The van der Waals surface area contributed by atoms with Gasteiger partial charge in [0.25, 0.3) is 0 Å². The molecule has 0 unspecified atom stereocenters. The molecule has 0 fully saturated rings. The second kappa shape index (κ2) is 2.87. The van der Waals surface area contributed by atoms with Crippen molar-refractivity contribution in [3.05, 3.63) is 45.8 Å². The summed E-state index contributed by atoms with van der Waals surface area (Å²) >= 11 is 7.88. The van der Waals surface area contributed by atoms with Crippen molar-refractivity contribution in [3.63, 3.8) is 0 Å². The molecule has 0 saturated carbocycles. The molecule has 1 aliphatic carbocycles. The fourth-order valence-corrected chi connectivity index (χ4v) is 3.65. The molecular weight excluding hydrogens is 224 g/mol. The summed E-state index contributed by atoms with van der Waals surface area (Å²) in [5.74, 6) is 0. The topological polar surface area (TPSA) is 0 Å². The Kier molecular flexibility index (Phi) is 1.80. The Balaban J connectivity index is 2.39. The number of hydrogen-bond acceptors (Lipinski definition) is 1. The maximum atomic E-state index is 6.06. The molecule has 0 atom stereocenters. The summed E-state index contributed by atoms with van der Waals surface area (Å²) in [4.78, 5) is 1.41. The molecule has 0 aliphatic heterocycles. The number of thiophene rings is 1. The Bertz CT molecular complexity index is 537. The first-order valence-corrected chi connectivity index (χ1v) is 6.25. The second-order valence-electron chi connectivity index (χ2n) is 4.48. The predicted molar refractivity (Wildman–Crippen MR) is 66.9 cm³/mol. The lowest BCUT2D eigenvalue weighted by Crippen LogP contribution is -2.14. The first-order chi connectivity index (χ1) is 7.10. The van der Waals surface area contributed by atoms with Crippen LogP contribution in [0.3, 0.4) is 0 Å². The lowest BCUT2D eigenvalue weighted by molar-refractivity contribution is 0.662. The first kappa shape index (κ1) is 9.44. The standard InChI is InChI=1S/C13H11ClS/c1-13(2)10-5-6-15-12(10)9-4-3-8(14)7-11(9)13/h3-7H,1-2H3. The van der Waals surface area contributed by atoms with Gasteiger partial charge in [0, 0.05) is 15.3 Å². The third kappa shape index (κ3) is 1.14. The van der Waals surface area contributed by atoms with Crippen LogP contribution in [-0.4, -0.2) is 0 Å². The van der Waals surface area contributed by atoms with Crippen molar-refractivity contribution in [2.45, 2.75) is 19.3 Å². The highest BCUT2D eigenvalue weighted by molar-refractivity contribution is 7.13. The van der Waals surface area contributed by atoms with Crippen LogP contribution in [0.5, 0.6) is 0 Å². The van der Waals surface area contributed by atoms with Crippen molar-refractivity contribution < 1.29 is 0 Å². The van der Waals surface area contributed by atoms with E-state index >= 15 is 0 Å². The number of hydrogen-bond donors (Lipinski definition) is 0. The second-order valence-corrected chi connectivity index (χ2v) is 5.83. The highest BCUT2D eigenvalue weighted by Crippen LogP contribution is 2.51. The zero-order valence-corrected chi connectivity index (χ0v) is 10.2. The smallest absolute Gasteiger partial charge is 0.0409 e. The van der Waals surface area contributed by atoms with Gasteiger partial charge in [0.05, 0.1) is 0 Å². The fraction of sp³-hybridized carbons (Fsp3) is 0.231. The van der Waals surface area contributed by atoms with E-state index in [2.05, 4.69) is 37.4 Å². The largest absolute Gasteiger partial charge is 0.143 e. The first-order valence-electron chi connectivity index (χ1n) is 4.99. The van der Waals surface area contributed by atoms with Crippen LogP contribution >= 0.6 is 22.9 Å². The summed E-state index contributed by atoms with van der Waals surface area (Å²) in [5, 5.41) is 3.00. The van der Waals surface area contributed by atoms with E-state index in [4.69, 9.17) is 11.6 Å². The van der Waals surface area contributed by atoms with Gasteiger partial charge in [-0.15, -0.1) is 11.3 Å². The van der Waals surface area contributed by atoms with Gasteiger partial charge in [0.1, 0.15) is 0 Å². The molecule has 2 aromatic rings. The van der Waals surface area contributed by atoms with Crippen LogP contribution < -0.4 is 0 Å². The van der Waals surface area contributed by atoms with E-state index in [0.29, 0.717) is 0 Å². The summed E-state index contributed by atoms with van der Waals surface area (Å²) in [6.45, 7) is 4.53. The molecule has 0 N–H and O–H groups in total. The number of rotatable bonds is 0. The van der Waals surface area contributed by atoms with Crippen molar-refractivity contribution in [2.75, 3.05) is 0 Å². The fourth-order valence-electron chi connectivity index (χ4n) is 2.39. The monoisotopic (exact) mass is 234 g/mol. The predicted octanol–water partition coefficient (Wildman–Crippen LogP) is 4.71. The van der Waals surface area contributed by atoms with Crippen LogP contribution in [0.4, 0.5) is 0 Å². The molecule has 0 radical (unpaired) electrons. The molecule has 0 bridgehead atoms. The molecule has 1 aromatic carbocycles. The third-order valence-corrected chi connectivity index (χ3v) is 4.42. The van der Waals surface area contributed by atoms with Crippen LogP contribution in [0.1, 0.15) is 25.0 Å². The Morgan fingerprint density at radius 3 is 2.73 bits per heavy atom. The molecule has 0 saturated heterocycles. The van der Waals surface area contributed by atoms with Crippen molar-refractivity contribution in [1.82, 2.24) is 0 Å². The Hall–Kier alpha value is -0.790.